The van der Waals surface area contributed by atoms with Gasteiger partial charge in [-0.3, -0.25) is 0 Å². The number of hydrogen-bond acceptors (Lipinski definition) is 4. The van der Waals surface area contributed by atoms with Crippen LogP contribution in [0.5, 0.6) is 0 Å². The van der Waals surface area contributed by atoms with Crippen molar-refractivity contribution in [3.8, 4) is 0 Å². The van der Waals surface area contributed by atoms with Crippen LogP contribution in [0.15, 0.2) is 0 Å². The molecule has 0 aromatic carbocycles. The standard InChI is InChI=1S/C13H25N3O4/c1-9(17)11(12(18)19)15-13(20)14-7-8-16(2)10-5-3-4-6-10/h9-11,17H,3-8H2,1-2H3,(H,18,19)(H2,14,15,20)/t9-,11+/m1/s1. The van der Waals surface area contributed by atoms with Gasteiger partial charge in [0.1, 0.15) is 0 Å². The molecule has 0 aromatic heterocycles. The van der Waals surface area contributed by atoms with Crippen LogP contribution in [0, 0.1) is 0 Å². The smallest absolute Gasteiger partial charge is 0.328 e. The van der Waals surface area contributed by atoms with Crippen LogP contribution in [-0.4, -0.2) is 65.4 Å². The van der Waals surface area contributed by atoms with Crippen LogP contribution < -0.4 is 10.6 Å². The molecule has 1 rings (SSSR count). The Labute approximate surface area is 119 Å². The first-order valence-electron chi connectivity index (χ1n) is 7.07. The fourth-order valence-electron chi connectivity index (χ4n) is 2.45. The van der Waals surface area contributed by atoms with Crippen LogP contribution in [0.3, 0.4) is 0 Å². The largest absolute Gasteiger partial charge is 0.480 e. The van der Waals surface area contributed by atoms with Crippen molar-refractivity contribution in [2.75, 3.05) is 20.1 Å². The normalized spacial score (nSPS) is 18.8. The van der Waals surface area contributed by atoms with E-state index in [0.717, 1.165) is 6.54 Å². The van der Waals surface area contributed by atoms with Crippen molar-refractivity contribution in [1.82, 2.24) is 15.5 Å². The predicted molar refractivity (Wildman–Crippen MR) is 74.5 cm³/mol. The molecule has 0 saturated heterocycles. The lowest BCUT2D eigenvalue weighted by atomic mass is 10.2. The summed E-state index contributed by atoms with van der Waals surface area (Å²) < 4.78 is 0. The Bertz CT molecular complexity index is 330. The molecule has 20 heavy (non-hydrogen) atoms. The van der Waals surface area contributed by atoms with E-state index in [1.807, 2.05) is 7.05 Å². The molecule has 1 saturated carbocycles. The monoisotopic (exact) mass is 287 g/mol. The van der Waals surface area contributed by atoms with Crippen LogP contribution in [0.25, 0.3) is 0 Å². The molecule has 1 aliphatic rings. The molecule has 0 spiro atoms. The number of aliphatic hydroxyl groups is 1. The molecule has 0 heterocycles. The number of rotatable bonds is 7. The van der Waals surface area contributed by atoms with Gasteiger partial charge in [0.2, 0.25) is 0 Å². The van der Waals surface area contributed by atoms with Crippen LogP contribution in [0.2, 0.25) is 0 Å². The summed E-state index contributed by atoms with van der Waals surface area (Å²) in [6, 6.07) is -1.27. The lowest BCUT2D eigenvalue weighted by Crippen LogP contribution is -2.52. The molecule has 0 aromatic rings. The van der Waals surface area contributed by atoms with Gasteiger partial charge in [0.25, 0.3) is 0 Å². The second-order valence-corrected chi connectivity index (χ2v) is 5.38. The van der Waals surface area contributed by atoms with Crippen molar-refractivity contribution < 1.29 is 19.8 Å². The van der Waals surface area contributed by atoms with Crippen molar-refractivity contribution in [3.63, 3.8) is 0 Å². The van der Waals surface area contributed by atoms with E-state index < -0.39 is 24.1 Å². The molecule has 0 radical (unpaired) electrons. The minimum absolute atomic E-state index is 0.449. The molecule has 116 valence electrons. The Morgan fingerprint density at radius 3 is 2.45 bits per heavy atom. The molecule has 4 N–H and O–H groups in total. The number of carbonyl (C=O) groups excluding carboxylic acids is 1. The number of carboxylic acids is 1. The number of nitrogens with zero attached hydrogens (tertiary/aromatic N) is 1. The molecular weight excluding hydrogens is 262 g/mol. The molecule has 2 atom stereocenters. The molecule has 7 heteroatoms. The molecule has 2 amide bonds. The summed E-state index contributed by atoms with van der Waals surface area (Å²) in [5.74, 6) is -1.25. The Hall–Kier alpha value is -1.34. The number of carbonyl (C=O) groups is 2. The fourth-order valence-corrected chi connectivity index (χ4v) is 2.45. The summed E-state index contributed by atoms with van der Waals surface area (Å²) in [5.41, 5.74) is 0. The van der Waals surface area contributed by atoms with Gasteiger partial charge in [-0.05, 0) is 26.8 Å². The average molecular weight is 287 g/mol. The second kappa shape index (κ2) is 8.06. The third-order valence-corrected chi connectivity index (χ3v) is 3.73. The zero-order chi connectivity index (χ0) is 15.1. The van der Waals surface area contributed by atoms with Crippen molar-refractivity contribution in [3.05, 3.63) is 0 Å². The highest BCUT2D eigenvalue weighted by Crippen LogP contribution is 2.21. The zero-order valence-corrected chi connectivity index (χ0v) is 12.1. The van der Waals surface area contributed by atoms with Gasteiger partial charge in [-0.15, -0.1) is 0 Å². The maximum absolute atomic E-state index is 11.5. The highest BCUT2D eigenvalue weighted by molar-refractivity contribution is 5.82. The molecule has 0 aliphatic heterocycles. The zero-order valence-electron chi connectivity index (χ0n) is 12.1. The summed E-state index contributed by atoms with van der Waals surface area (Å²) in [7, 11) is 2.03. The van der Waals surface area contributed by atoms with Gasteiger partial charge >= 0.3 is 12.0 Å². The van der Waals surface area contributed by atoms with E-state index in [-0.39, 0.29) is 0 Å². The van der Waals surface area contributed by atoms with Gasteiger partial charge in [-0.2, -0.15) is 0 Å². The van der Waals surface area contributed by atoms with E-state index in [4.69, 9.17) is 5.11 Å². The number of urea groups is 1. The van der Waals surface area contributed by atoms with Crippen molar-refractivity contribution in [2.45, 2.75) is 50.8 Å². The lowest BCUT2D eigenvalue weighted by Gasteiger charge is -2.24. The van der Waals surface area contributed by atoms with Crippen LogP contribution in [0.1, 0.15) is 32.6 Å². The molecule has 1 fully saturated rings. The third kappa shape index (κ3) is 5.34. The molecule has 1 aliphatic carbocycles. The Morgan fingerprint density at radius 2 is 1.95 bits per heavy atom. The number of aliphatic carboxylic acids is 1. The molecule has 7 nitrogen and oxygen atoms in total. The molecular formula is C13H25N3O4. The third-order valence-electron chi connectivity index (χ3n) is 3.73. The number of nitrogens with one attached hydrogen (secondary N) is 2. The lowest BCUT2D eigenvalue weighted by molar-refractivity contribution is -0.141. The molecule has 0 bridgehead atoms. The minimum atomic E-state index is -1.29. The summed E-state index contributed by atoms with van der Waals surface area (Å²) in [5, 5.41) is 22.9. The number of aliphatic hydroxyl groups excluding tert-OH is 1. The first-order valence-corrected chi connectivity index (χ1v) is 7.07. The van der Waals surface area contributed by atoms with Gasteiger partial charge in [0, 0.05) is 19.1 Å². The van der Waals surface area contributed by atoms with Crippen LogP contribution in [-0.2, 0) is 4.79 Å². The van der Waals surface area contributed by atoms with E-state index in [1.165, 1.54) is 32.6 Å². The maximum Gasteiger partial charge on any atom is 0.328 e. The first-order chi connectivity index (χ1) is 9.41. The van der Waals surface area contributed by atoms with E-state index in [0.29, 0.717) is 12.6 Å². The van der Waals surface area contributed by atoms with Crippen LogP contribution in [0.4, 0.5) is 4.79 Å². The van der Waals surface area contributed by atoms with E-state index in [2.05, 4.69) is 15.5 Å². The highest BCUT2D eigenvalue weighted by Gasteiger charge is 2.25. The summed E-state index contributed by atoms with van der Waals surface area (Å²) in [6.45, 7) is 2.50. The van der Waals surface area contributed by atoms with E-state index >= 15 is 0 Å². The van der Waals surface area contributed by atoms with Crippen molar-refractivity contribution >= 4 is 12.0 Å². The predicted octanol–water partition coefficient (Wildman–Crippen LogP) is -0.00600. The quantitative estimate of drug-likeness (QED) is 0.528. The summed E-state index contributed by atoms with van der Waals surface area (Å²) in [4.78, 5) is 24.6. The number of hydrogen-bond donors (Lipinski definition) is 4. The highest BCUT2D eigenvalue weighted by atomic mass is 16.4. The van der Waals surface area contributed by atoms with Crippen molar-refractivity contribution in [1.29, 1.82) is 0 Å². The average Bonchev–Trinajstić information content (AvgIpc) is 2.88. The SMILES string of the molecule is C[C@@H](O)[C@H](NC(=O)NCCN(C)C1CCCC1)C(=O)O. The number of amides is 2. The maximum atomic E-state index is 11.5. The van der Waals surface area contributed by atoms with Gasteiger partial charge in [0.05, 0.1) is 6.10 Å². The minimum Gasteiger partial charge on any atom is -0.480 e. The van der Waals surface area contributed by atoms with Gasteiger partial charge in [-0.25, -0.2) is 9.59 Å². The molecule has 0 unspecified atom stereocenters. The number of carboxylic acid groups (broad SMARTS) is 1. The van der Waals surface area contributed by atoms with E-state index in [9.17, 15) is 14.7 Å². The fraction of sp³-hybridized carbons (Fsp3) is 0.846. The van der Waals surface area contributed by atoms with Gasteiger partial charge in [-0.1, -0.05) is 12.8 Å². The number of likely N-dealkylation sites (N-methyl/N-ethyl adjacent to an activating group) is 1. The van der Waals surface area contributed by atoms with Crippen LogP contribution >= 0.6 is 0 Å². The Kier molecular flexibility index (Phi) is 6.74. The second-order valence-electron chi connectivity index (χ2n) is 5.38. The topological polar surface area (TPSA) is 102 Å². The summed E-state index contributed by atoms with van der Waals surface area (Å²) in [6.07, 6.45) is 3.78. The summed E-state index contributed by atoms with van der Waals surface area (Å²) >= 11 is 0. The Morgan fingerprint density at radius 1 is 1.35 bits per heavy atom. The van der Waals surface area contributed by atoms with Gasteiger partial charge in [0.15, 0.2) is 6.04 Å². The Balaban J connectivity index is 2.23. The van der Waals surface area contributed by atoms with Crippen molar-refractivity contribution in [2.24, 2.45) is 0 Å². The van der Waals surface area contributed by atoms with E-state index in [1.54, 1.807) is 0 Å². The van der Waals surface area contributed by atoms with Gasteiger partial charge < -0.3 is 25.7 Å². The first kappa shape index (κ1) is 16.7.